The van der Waals surface area contributed by atoms with Crippen molar-refractivity contribution in [3.8, 4) is 11.1 Å². The highest BCUT2D eigenvalue weighted by molar-refractivity contribution is 5.65. The second kappa shape index (κ2) is 5.05. The van der Waals surface area contributed by atoms with Crippen LogP contribution in [0.25, 0.3) is 11.1 Å². The van der Waals surface area contributed by atoms with Crippen molar-refractivity contribution >= 4 is 0 Å². The van der Waals surface area contributed by atoms with E-state index in [1.165, 1.54) is 12.1 Å². The van der Waals surface area contributed by atoms with Crippen molar-refractivity contribution in [1.82, 2.24) is 0 Å². The molecule has 0 spiro atoms. The van der Waals surface area contributed by atoms with Crippen molar-refractivity contribution in [2.24, 2.45) is 5.73 Å². The number of rotatable bonds is 2. The van der Waals surface area contributed by atoms with Crippen molar-refractivity contribution in [1.29, 1.82) is 0 Å². The predicted octanol–water partition coefficient (Wildman–Crippen LogP) is 4.14. The van der Waals surface area contributed by atoms with Gasteiger partial charge in [0.15, 0.2) is 0 Å². The largest absolute Gasteiger partial charge is 0.416 e. The van der Waals surface area contributed by atoms with Crippen LogP contribution >= 0.6 is 0 Å². The first-order valence-corrected chi connectivity index (χ1v) is 5.88. The summed E-state index contributed by atoms with van der Waals surface area (Å²) in [6, 6.07) is 11.0. The fourth-order valence-electron chi connectivity index (χ4n) is 2.00. The van der Waals surface area contributed by atoms with Gasteiger partial charge in [-0.3, -0.25) is 0 Å². The summed E-state index contributed by atoms with van der Waals surface area (Å²) in [5, 5.41) is 0. The Bertz CT molecular complexity index is 571. The van der Waals surface area contributed by atoms with Crippen LogP contribution in [0.2, 0.25) is 0 Å². The van der Waals surface area contributed by atoms with E-state index >= 15 is 0 Å². The predicted molar refractivity (Wildman–Crippen MR) is 69.5 cm³/mol. The van der Waals surface area contributed by atoms with Gasteiger partial charge in [0.25, 0.3) is 0 Å². The molecule has 2 aromatic rings. The van der Waals surface area contributed by atoms with E-state index in [-0.39, 0.29) is 0 Å². The minimum Gasteiger partial charge on any atom is -0.326 e. The molecule has 19 heavy (non-hydrogen) atoms. The van der Waals surface area contributed by atoms with Crippen LogP contribution in [0.5, 0.6) is 0 Å². The Morgan fingerprint density at radius 1 is 0.947 bits per heavy atom. The van der Waals surface area contributed by atoms with E-state index in [4.69, 9.17) is 5.73 Å². The Morgan fingerprint density at radius 2 is 1.58 bits per heavy atom. The zero-order chi connectivity index (χ0) is 14.0. The zero-order valence-corrected chi connectivity index (χ0v) is 10.5. The SMILES string of the molecule is Cc1cc(CN)cc(-c2ccc(C(F)(F)F)cc2)c1. The molecule has 0 heterocycles. The van der Waals surface area contributed by atoms with Crippen molar-refractivity contribution in [3.05, 3.63) is 59.2 Å². The van der Waals surface area contributed by atoms with Gasteiger partial charge in [-0.05, 0) is 41.8 Å². The lowest BCUT2D eigenvalue weighted by Crippen LogP contribution is -2.04. The molecule has 0 aliphatic carbocycles. The lowest BCUT2D eigenvalue weighted by molar-refractivity contribution is -0.137. The lowest BCUT2D eigenvalue weighted by atomic mass is 9.99. The summed E-state index contributed by atoms with van der Waals surface area (Å²) < 4.78 is 37.5. The van der Waals surface area contributed by atoms with Crippen LogP contribution in [-0.2, 0) is 12.7 Å². The molecule has 0 fully saturated rings. The molecule has 4 heteroatoms. The zero-order valence-electron chi connectivity index (χ0n) is 10.5. The lowest BCUT2D eigenvalue weighted by Gasteiger charge is -2.09. The fourth-order valence-corrected chi connectivity index (χ4v) is 2.00. The molecule has 0 aromatic heterocycles. The van der Waals surface area contributed by atoms with Gasteiger partial charge in [0.1, 0.15) is 0 Å². The van der Waals surface area contributed by atoms with E-state index in [0.29, 0.717) is 6.54 Å². The monoisotopic (exact) mass is 265 g/mol. The Hall–Kier alpha value is -1.81. The van der Waals surface area contributed by atoms with E-state index in [1.807, 2.05) is 25.1 Å². The average Bonchev–Trinajstić information content (AvgIpc) is 2.37. The van der Waals surface area contributed by atoms with Gasteiger partial charge >= 0.3 is 6.18 Å². The molecule has 1 nitrogen and oxygen atoms in total. The van der Waals surface area contributed by atoms with Crippen molar-refractivity contribution in [3.63, 3.8) is 0 Å². The van der Waals surface area contributed by atoms with Gasteiger partial charge in [-0.2, -0.15) is 13.2 Å². The number of halogens is 3. The van der Waals surface area contributed by atoms with Crippen LogP contribution < -0.4 is 5.73 Å². The van der Waals surface area contributed by atoms with Gasteiger partial charge in [0, 0.05) is 6.54 Å². The van der Waals surface area contributed by atoms with Crippen LogP contribution in [0, 0.1) is 6.92 Å². The van der Waals surface area contributed by atoms with Gasteiger partial charge in [-0.25, -0.2) is 0 Å². The molecule has 0 unspecified atom stereocenters. The number of hydrogen-bond donors (Lipinski definition) is 1. The summed E-state index contributed by atoms with van der Waals surface area (Å²) in [7, 11) is 0. The molecule has 100 valence electrons. The third kappa shape index (κ3) is 3.15. The summed E-state index contributed by atoms with van der Waals surface area (Å²) in [6.45, 7) is 2.35. The molecule has 0 radical (unpaired) electrons. The number of alkyl halides is 3. The van der Waals surface area contributed by atoms with Gasteiger partial charge in [0.05, 0.1) is 5.56 Å². The first kappa shape index (κ1) is 13.6. The standard InChI is InChI=1S/C15H14F3N/c1-10-6-11(9-19)8-13(7-10)12-2-4-14(5-3-12)15(16,17)18/h2-8H,9,19H2,1H3. The average molecular weight is 265 g/mol. The van der Waals surface area contributed by atoms with E-state index in [2.05, 4.69) is 0 Å². The summed E-state index contributed by atoms with van der Waals surface area (Å²) in [5.74, 6) is 0. The number of aryl methyl sites for hydroxylation is 1. The van der Waals surface area contributed by atoms with Crippen LogP contribution in [0.1, 0.15) is 16.7 Å². The Morgan fingerprint density at radius 3 is 2.11 bits per heavy atom. The number of nitrogens with two attached hydrogens (primary N) is 1. The smallest absolute Gasteiger partial charge is 0.326 e. The summed E-state index contributed by atoms with van der Waals surface area (Å²) >= 11 is 0. The van der Waals surface area contributed by atoms with Crippen LogP contribution in [0.4, 0.5) is 13.2 Å². The van der Waals surface area contributed by atoms with Gasteiger partial charge in [-0.1, -0.05) is 29.8 Å². The second-order valence-corrected chi connectivity index (χ2v) is 4.49. The highest BCUT2D eigenvalue weighted by Crippen LogP contribution is 2.31. The third-order valence-corrected chi connectivity index (χ3v) is 2.92. The molecule has 0 saturated carbocycles. The maximum absolute atomic E-state index is 12.5. The molecule has 0 aliphatic heterocycles. The van der Waals surface area contributed by atoms with Gasteiger partial charge in [-0.15, -0.1) is 0 Å². The molecule has 0 bridgehead atoms. The number of hydrogen-bond acceptors (Lipinski definition) is 1. The first-order chi connectivity index (χ1) is 8.90. The summed E-state index contributed by atoms with van der Waals surface area (Å²) in [4.78, 5) is 0. The van der Waals surface area contributed by atoms with Crippen molar-refractivity contribution in [2.75, 3.05) is 0 Å². The maximum atomic E-state index is 12.5. The van der Waals surface area contributed by atoms with Gasteiger partial charge < -0.3 is 5.73 Å². The van der Waals surface area contributed by atoms with Gasteiger partial charge in [0.2, 0.25) is 0 Å². The quantitative estimate of drug-likeness (QED) is 0.867. The first-order valence-electron chi connectivity index (χ1n) is 5.88. The Kier molecular flexibility index (Phi) is 3.62. The molecule has 0 aliphatic rings. The van der Waals surface area contributed by atoms with E-state index in [1.54, 1.807) is 0 Å². The molecule has 2 N–H and O–H groups in total. The van der Waals surface area contributed by atoms with Crippen molar-refractivity contribution in [2.45, 2.75) is 19.6 Å². The highest BCUT2D eigenvalue weighted by Gasteiger charge is 2.29. The van der Waals surface area contributed by atoms with Crippen molar-refractivity contribution < 1.29 is 13.2 Å². The van der Waals surface area contributed by atoms with Crippen LogP contribution in [0.3, 0.4) is 0 Å². The van der Waals surface area contributed by atoms with E-state index in [0.717, 1.165) is 34.4 Å². The van der Waals surface area contributed by atoms with Crippen LogP contribution in [-0.4, -0.2) is 0 Å². The molecule has 2 aromatic carbocycles. The molecule has 0 atom stereocenters. The third-order valence-electron chi connectivity index (χ3n) is 2.92. The highest BCUT2D eigenvalue weighted by atomic mass is 19.4. The maximum Gasteiger partial charge on any atom is 0.416 e. The topological polar surface area (TPSA) is 26.0 Å². The Labute approximate surface area is 109 Å². The second-order valence-electron chi connectivity index (χ2n) is 4.49. The molecule has 0 saturated heterocycles. The molecule has 2 rings (SSSR count). The minimum absolute atomic E-state index is 0.412. The van der Waals surface area contributed by atoms with E-state index in [9.17, 15) is 13.2 Å². The summed E-state index contributed by atoms with van der Waals surface area (Å²) in [6.07, 6.45) is -4.30. The number of benzene rings is 2. The molecular weight excluding hydrogens is 251 g/mol. The normalized spacial score (nSPS) is 11.6. The van der Waals surface area contributed by atoms with E-state index < -0.39 is 11.7 Å². The Balaban J connectivity index is 2.40. The minimum atomic E-state index is -4.30. The fraction of sp³-hybridized carbons (Fsp3) is 0.200. The molecular formula is C15H14F3N. The summed E-state index contributed by atoms with van der Waals surface area (Å²) in [5.41, 5.74) is 8.61. The van der Waals surface area contributed by atoms with Crippen LogP contribution in [0.15, 0.2) is 42.5 Å². The molecule has 0 amide bonds.